The topological polar surface area (TPSA) is 83.9 Å². The van der Waals surface area contributed by atoms with E-state index in [1.165, 1.54) is 18.1 Å². The van der Waals surface area contributed by atoms with Crippen molar-refractivity contribution in [1.29, 1.82) is 0 Å². The van der Waals surface area contributed by atoms with Crippen molar-refractivity contribution in [2.75, 3.05) is 7.11 Å². The van der Waals surface area contributed by atoms with Crippen molar-refractivity contribution in [2.24, 2.45) is 5.92 Å². The Hall–Kier alpha value is -1.85. The lowest BCUT2D eigenvalue weighted by molar-refractivity contribution is -0.160. The lowest BCUT2D eigenvalue weighted by Crippen LogP contribution is -2.59. The number of hydrogen-bond donors (Lipinski definition) is 1. The van der Waals surface area contributed by atoms with Gasteiger partial charge in [-0.15, -0.1) is 0 Å². The first-order valence-corrected chi connectivity index (χ1v) is 4.89. The molecule has 0 radical (unpaired) electrons. The van der Waals surface area contributed by atoms with Crippen molar-refractivity contribution in [3.8, 4) is 0 Å². The van der Waals surface area contributed by atoms with Crippen LogP contribution in [0.3, 0.4) is 0 Å². The number of carbonyl (C=O) groups is 3. The number of aliphatic carboxylic acids is 1. The van der Waals surface area contributed by atoms with Crippen LogP contribution in [-0.2, 0) is 19.1 Å². The highest BCUT2D eigenvalue weighted by Gasteiger charge is 2.49. The van der Waals surface area contributed by atoms with Gasteiger partial charge in [0.2, 0.25) is 5.91 Å². The molecule has 0 aromatic rings. The fraction of sp³-hybridized carbons (Fsp3) is 0.500. The quantitative estimate of drug-likeness (QED) is 0.517. The number of rotatable bonds is 2. The average Bonchev–Trinajstić information content (AvgIpc) is 2.25. The first kappa shape index (κ1) is 10.7. The zero-order valence-electron chi connectivity index (χ0n) is 8.67. The smallest absolute Gasteiger partial charge is 0.352 e. The van der Waals surface area contributed by atoms with Crippen LogP contribution < -0.4 is 0 Å². The largest absolute Gasteiger partial charge is 0.477 e. The first-order chi connectivity index (χ1) is 7.56. The van der Waals surface area contributed by atoms with Crippen molar-refractivity contribution in [3.63, 3.8) is 0 Å². The summed E-state index contributed by atoms with van der Waals surface area (Å²) in [7, 11) is 1.28. The molecule has 6 heteroatoms. The second kappa shape index (κ2) is 3.62. The molecule has 16 heavy (non-hydrogen) atoms. The zero-order valence-corrected chi connectivity index (χ0v) is 8.67. The number of hydrogen-bond acceptors (Lipinski definition) is 4. The van der Waals surface area contributed by atoms with Gasteiger partial charge in [0, 0.05) is 6.42 Å². The Morgan fingerprint density at radius 2 is 2.25 bits per heavy atom. The first-order valence-electron chi connectivity index (χ1n) is 4.89. The lowest BCUT2D eigenvalue weighted by atomic mass is 9.82. The Kier molecular flexibility index (Phi) is 2.41. The molecule has 0 aromatic carbocycles. The van der Waals surface area contributed by atoms with Crippen molar-refractivity contribution < 1.29 is 24.2 Å². The summed E-state index contributed by atoms with van der Waals surface area (Å²) in [5.41, 5.74) is -0.0265. The van der Waals surface area contributed by atoms with E-state index in [1.54, 1.807) is 0 Å². The molecule has 2 aliphatic rings. The zero-order chi connectivity index (χ0) is 11.9. The lowest BCUT2D eigenvalue weighted by Gasteiger charge is -2.46. The van der Waals surface area contributed by atoms with Gasteiger partial charge in [-0.1, -0.05) is 6.08 Å². The Bertz CT molecular complexity index is 400. The van der Waals surface area contributed by atoms with E-state index in [4.69, 9.17) is 5.11 Å². The molecule has 1 unspecified atom stereocenters. The highest BCUT2D eigenvalue weighted by Crippen LogP contribution is 2.37. The molecule has 0 saturated carbocycles. The molecular formula is C10H11NO5. The van der Waals surface area contributed by atoms with E-state index in [0.717, 1.165) is 0 Å². The highest BCUT2D eigenvalue weighted by atomic mass is 16.5. The number of carbonyl (C=O) groups excluding carboxylic acids is 2. The van der Waals surface area contributed by atoms with Crippen LogP contribution in [0.2, 0.25) is 0 Å². The number of carboxylic acids is 1. The third-order valence-electron chi connectivity index (χ3n) is 3.00. The monoisotopic (exact) mass is 225 g/mol. The second-order valence-corrected chi connectivity index (χ2v) is 3.80. The summed E-state index contributed by atoms with van der Waals surface area (Å²) in [4.78, 5) is 34.7. The minimum Gasteiger partial charge on any atom is -0.477 e. The molecule has 0 spiro atoms. The summed E-state index contributed by atoms with van der Waals surface area (Å²) in [6.07, 6.45) is 1.92. The van der Waals surface area contributed by atoms with Gasteiger partial charge in [-0.2, -0.15) is 0 Å². The van der Waals surface area contributed by atoms with E-state index < -0.39 is 17.9 Å². The van der Waals surface area contributed by atoms with Gasteiger partial charge in [-0.3, -0.25) is 9.59 Å². The average molecular weight is 225 g/mol. The molecule has 6 nitrogen and oxygen atoms in total. The molecule has 0 aromatic heterocycles. The van der Waals surface area contributed by atoms with E-state index in [2.05, 4.69) is 4.74 Å². The van der Waals surface area contributed by atoms with Crippen molar-refractivity contribution in [1.82, 2.24) is 4.90 Å². The summed E-state index contributed by atoms with van der Waals surface area (Å²) < 4.78 is 4.62. The molecule has 1 saturated heterocycles. The number of nitrogens with zero attached hydrogens (tertiary/aromatic N) is 1. The molecule has 2 rings (SSSR count). The highest BCUT2D eigenvalue weighted by molar-refractivity contribution is 5.97. The number of amides is 1. The number of methoxy groups -OCH3 is 1. The Morgan fingerprint density at radius 1 is 1.56 bits per heavy atom. The normalized spacial score (nSPS) is 27.7. The van der Waals surface area contributed by atoms with Crippen molar-refractivity contribution in [2.45, 2.75) is 18.9 Å². The molecule has 1 N–H and O–H groups in total. The number of carboxylic acid groups (broad SMARTS) is 1. The number of allylic oxidation sites excluding steroid dienone is 1. The fourth-order valence-corrected chi connectivity index (χ4v) is 2.17. The molecule has 0 bridgehead atoms. The third-order valence-corrected chi connectivity index (χ3v) is 3.00. The molecular weight excluding hydrogens is 214 g/mol. The van der Waals surface area contributed by atoms with Gasteiger partial charge in [0.1, 0.15) is 5.70 Å². The Labute approximate surface area is 91.5 Å². The molecule has 2 aliphatic heterocycles. The molecule has 2 atom stereocenters. The van der Waals surface area contributed by atoms with Gasteiger partial charge in [-0.25, -0.2) is 4.79 Å². The van der Waals surface area contributed by atoms with Crippen LogP contribution in [0, 0.1) is 5.92 Å². The van der Waals surface area contributed by atoms with Crippen molar-refractivity contribution >= 4 is 17.8 Å². The fourth-order valence-electron chi connectivity index (χ4n) is 2.17. The second-order valence-electron chi connectivity index (χ2n) is 3.80. The number of esters is 1. The predicted octanol–water partition coefficient (Wildman–Crippen LogP) is -0.251. The summed E-state index contributed by atoms with van der Waals surface area (Å²) >= 11 is 0. The van der Waals surface area contributed by atoms with Gasteiger partial charge in [-0.05, 0) is 6.42 Å². The predicted molar refractivity (Wildman–Crippen MR) is 51.1 cm³/mol. The molecule has 1 amide bonds. The third kappa shape index (κ3) is 1.37. The van der Waals surface area contributed by atoms with Crippen LogP contribution in [0.25, 0.3) is 0 Å². The van der Waals surface area contributed by atoms with Crippen LogP contribution >= 0.6 is 0 Å². The summed E-state index contributed by atoms with van der Waals surface area (Å²) in [5.74, 6) is -2.23. The minimum absolute atomic E-state index is 0.0265. The standard InChI is InChI=1S/C10H11NO5/c1-16-10(15)5-2-3-6(9(13)14)11-7(5)4-8(11)12/h3,5,7H,2,4H2,1H3,(H,13,14)/t5?,7-/m0/s1. The van der Waals surface area contributed by atoms with Gasteiger partial charge in [0.15, 0.2) is 0 Å². The number of ether oxygens (including phenoxy) is 1. The molecule has 86 valence electrons. The number of fused-ring (bicyclic) bond motifs is 1. The van der Waals surface area contributed by atoms with Crippen LogP contribution in [0.15, 0.2) is 11.8 Å². The van der Waals surface area contributed by atoms with E-state index in [9.17, 15) is 14.4 Å². The van der Waals surface area contributed by atoms with Crippen LogP contribution in [-0.4, -0.2) is 41.0 Å². The molecule has 1 fully saturated rings. The van der Waals surface area contributed by atoms with Crippen molar-refractivity contribution in [3.05, 3.63) is 11.8 Å². The molecule has 2 heterocycles. The Morgan fingerprint density at radius 3 is 2.75 bits per heavy atom. The van der Waals surface area contributed by atoms with Crippen LogP contribution in [0.4, 0.5) is 0 Å². The SMILES string of the molecule is COC(=O)C1CC=C(C(=O)O)N2C(=O)C[C@@H]12. The minimum atomic E-state index is -1.14. The maximum absolute atomic E-state index is 11.4. The summed E-state index contributed by atoms with van der Waals surface area (Å²) in [6, 6.07) is -0.351. The maximum Gasteiger partial charge on any atom is 0.352 e. The van der Waals surface area contributed by atoms with Gasteiger partial charge < -0.3 is 14.7 Å². The van der Waals surface area contributed by atoms with E-state index in [0.29, 0.717) is 6.42 Å². The van der Waals surface area contributed by atoms with E-state index in [1.807, 2.05) is 0 Å². The number of β-lactam (4-membered cyclic amide) rings is 1. The van der Waals surface area contributed by atoms with E-state index >= 15 is 0 Å². The van der Waals surface area contributed by atoms with Gasteiger partial charge >= 0.3 is 11.9 Å². The van der Waals surface area contributed by atoms with Gasteiger partial charge in [0.05, 0.1) is 19.1 Å². The van der Waals surface area contributed by atoms with Crippen LogP contribution in [0.5, 0.6) is 0 Å². The maximum atomic E-state index is 11.4. The van der Waals surface area contributed by atoms with Crippen LogP contribution in [0.1, 0.15) is 12.8 Å². The van der Waals surface area contributed by atoms with Gasteiger partial charge in [0.25, 0.3) is 0 Å². The summed E-state index contributed by atoms with van der Waals surface area (Å²) in [6.45, 7) is 0. The van der Waals surface area contributed by atoms with E-state index in [-0.39, 0.29) is 24.1 Å². The Balaban J connectivity index is 2.26. The summed E-state index contributed by atoms with van der Waals surface area (Å²) in [5, 5.41) is 8.88. The molecule has 0 aliphatic carbocycles.